The molecular formula is C19H19ClN4O2. The molecule has 7 heteroatoms. The molecule has 0 radical (unpaired) electrons. The van der Waals surface area contributed by atoms with Crippen LogP contribution in [0.5, 0.6) is 11.5 Å². The van der Waals surface area contributed by atoms with Crippen molar-refractivity contribution >= 4 is 17.5 Å². The molecule has 0 bridgehead atoms. The highest BCUT2D eigenvalue weighted by Gasteiger charge is 2.31. The Hall–Kier alpha value is -2.73. The molecule has 26 heavy (non-hydrogen) atoms. The van der Waals surface area contributed by atoms with E-state index in [0.29, 0.717) is 11.5 Å². The molecule has 1 aliphatic heterocycles. The van der Waals surface area contributed by atoms with E-state index in [2.05, 4.69) is 15.4 Å². The van der Waals surface area contributed by atoms with Crippen LogP contribution in [0.3, 0.4) is 0 Å². The van der Waals surface area contributed by atoms with Gasteiger partial charge in [0.1, 0.15) is 6.33 Å². The van der Waals surface area contributed by atoms with Crippen LogP contribution in [0.1, 0.15) is 29.6 Å². The first-order chi connectivity index (χ1) is 12.7. The zero-order valence-electron chi connectivity index (χ0n) is 14.5. The van der Waals surface area contributed by atoms with Crippen LogP contribution in [-0.2, 0) is 0 Å². The van der Waals surface area contributed by atoms with Gasteiger partial charge in [-0.05, 0) is 35.7 Å². The van der Waals surface area contributed by atoms with Gasteiger partial charge in [0.05, 0.1) is 26.3 Å². The zero-order valence-corrected chi connectivity index (χ0v) is 15.3. The van der Waals surface area contributed by atoms with Crippen LogP contribution in [0, 0.1) is 0 Å². The minimum Gasteiger partial charge on any atom is -0.493 e. The summed E-state index contributed by atoms with van der Waals surface area (Å²) in [5.41, 5.74) is 2.13. The summed E-state index contributed by atoms with van der Waals surface area (Å²) in [6.07, 6.45) is 2.35. The molecule has 0 unspecified atom stereocenters. The second kappa shape index (κ2) is 6.88. The molecule has 2 aromatic carbocycles. The number of hydrogen-bond donors (Lipinski definition) is 1. The van der Waals surface area contributed by atoms with Crippen molar-refractivity contribution in [1.29, 1.82) is 0 Å². The van der Waals surface area contributed by atoms with Gasteiger partial charge in [-0.2, -0.15) is 10.1 Å². The highest BCUT2D eigenvalue weighted by molar-refractivity contribution is 6.31. The number of nitrogens with zero attached hydrogens (tertiary/aromatic N) is 3. The third-order valence-corrected chi connectivity index (χ3v) is 5.05. The summed E-state index contributed by atoms with van der Waals surface area (Å²) >= 11 is 6.42. The number of nitrogens with one attached hydrogen (secondary N) is 1. The minimum absolute atomic E-state index is 0.00910. The smallest absolute Gasteiger partial charge is 0.222 e. The van der Waals surface area contributed by atoms with E-state index < -0.39 is 0 Å². The van der Waals surface area contributed by atoms with Crippen LogP contribution in [0.15, 0.2) is 48.8 Å². The lowest BCUT2D eigenvalue weighted by Gasteiger charge is -2.32. The Morgan fingerprint density at radius 3 is 2.69 bits per heavy atom. The van der Waals surface area contributed by atoms with Crippen LogP contribution in [0.25, 0.3) is 0 Å². The molecule has 4 rings (SSSR count). The average molecular weight is 371 g/mol. The molecule has 134 valence electrons. The molecule has 0 saturated heterocycles. The number of aromatic nitrogens is 3. The Bertz CT molecular complexity index is 927. The van der Waals surface area contributed by atoms with Gasteiger partial charge in [0.15, 0.2) is 11.5 Å². The monoisotopic (exact) mass is 370 g/mol. The van der Waals surface area contributed by atoms with Crippen LogP contribution in [0.4, 0.5) is 5.95 Å². The number of methoxy groups -OCH3 is 2. The van der Waals surface area contributed by atoms with Crippen molar-refractivity contribution in [2.75, 3.05) is 19.5 Å². The SMILES string of the molecule is COc1ccc([C@H]2C[C@H](c3ccccc3Cl)Nc3ncnn32)cc1OC. The predicted molar refractivity (Wildman–Crippen MR) is 100 cm³/mol. The zero-order chi connectivity index (χ0) is 18.1. The maximum atomic E-state index is 6.42. The number of benzene rings is 2. The first-order valence-corrected chi connectivity index (χ1v) is 8.71. The Morgan fingerprint density at radius 2 is 1.92 bits per heavy atom. The molecule has 2 atom stereocenters. The lowest BCUT2D eigenvalue weighted by Crippen LogP contribution is -2.28. The number of ether oxygens (including phenoxy) is 2. The molecule has 1 N–H and O–H groups in total. The average Bonchev–Trinajstić information content (AvgIpc) is 3.15. The second-order valence-electron chi connectivity index (χ2n) is 6.11. The fourth-order valence-corrected chi connectivity index (χ4v) is 3.69. The summed E-state index contributed by atoms with van der Waals surface area (Å²) in [6, 6.07) is 13.9. The van der Waals surface area contributed by atoms with E-state index >= 15 is 0 Å². The van der Waals surface area contributed by atoms with Gasteiger partial charge >= 0.3 is 0 Å². The van der Waals surface area contributed by atoms with Crippen molar-refractivity contribution in [3.05, 3.63) is 64.9 Å². The van der Waals surface area contributed by atoms with Crippen LogP contribution < -0.4 is 14.8 Å². The number of hydrogen-bond acceptors (Lipinski definition) is 5. The van der Waals surface area contributed by atoms with Crippen molar-refractivity contribution < 1.29 is 9.47 Å². The molecular weight excluding hydrogens is 352 g/mol. The highest BCUT2D eigenvalue weighted by Crippen LogP contribution is 2.41. The molecule has 6 nitrogen and oxygen atoms in total. The van der Waals surface area contributed by atoms with Gasteiger partial charge in [-0.15, -0.1) is 0 Å². The molecule has 1 aromatic heterocycles. The molecule has 0 spiro atoms. The van der Waals surface area contributed by atoms with Crippen LogP contribution in [0.2, 0.25) is 5.02 Å². The fourth-order valence-electron chi connectivity index (χ4n) is 3.42. The minimum atomic E-state index is 0.00910. The van der Waals surface area contributed by atoms with Gasteiger partial charge < -0.3 is 14.8 Å². The summed E-state index contributed by atoms with van der Waals surface area (Å²) in [4.78, 5) is 4.36. The Labute approximate surface area is 156 Å². The number of halogens is 1. The van der Waals surface area contributed by atoms with E-state index in [1.807, 2.05) is 47.1 Å². The summed E-state index contributed by atoms with van der Waals surface area (Å²) in [7, 11) is 3.27. The van der Waals surface area contributed by atoms with Crippen molar-refractivity contribution in [2.45, 2.75) is 18.5 Å². The summed E-state index contributed by atoms with van der Waals surface area (Å²) in [5, 5.41) is 8.57. The van der Waals surface area contributed by atoms with E-state index in [0.717, 1.165) is 28.5 Å². The topological polar surface area (TPSA) is 61.2 Å². The van der Waals surface area contributed by atoms with Gasteiger partial charge in [0, 0.05) is 5.02 Å². The lowest BCUT2D eigenvalue weighted by atomic mass is 9.93. The molecule has 0 fully saturated rings. The predicted octanol–water partition coefficient (Wildman–Crippen LogP) is 4.10. The van der Waals surface area contributed by atoms with Crippen LogP contribution >= 0.6 is 11.6 Å². The van der Waals surface area contributed by atoms with E-state index in [1.165, 1.54) is 0 Å². The number of fused-ring (bicyclic) bond motifs is 1. The third kappa shape index (κ3) is 2.86. The van der Waals surface area contributed by atoms with Crippen molar-refractivity contribution in [3.63, 3.8) is 0 Å². The summed E-state index contributed by atoms with van der Waals surface area (Å²) in [5.74, 6) is 2.12. The quantitative estimate of drug-likeness (QED) is 0.749. The first-order valence-electron chi connectivity index (χ1n) is 8.33. The van der Waals surface area contributed by atoms with Gasteiger partial charge in [0.25, 0.3) is 0 Å². The van der Waals surface area contributed by atoms with Gasteiger partial charge in [0.2, 0.25) is 5.95 Å². The third-order valence-electron chi connectivity index (χ3n) is 4.70. The standard InChI is InChI=1S/C19H19ClN4O2/c1-25-17-8-7-12(9-18(17)26-2)16-10-15(13-5-3-4-6-14(13)20)23-19-21-11-22-24(16)19/h3-9,11,15-16H,10H2,1-2H3,(H,21,22,23)/t15-,16-/m1/s1. The summed E-state index contributed by atoms with van der Waals surface area (Å²) < 4.78 is 12.7. The van der Waals surface area contributed by atoms with E-state index in [4.69, 9.17) is 21.1 Å². The number of anilines is 1. The van der Waals surface area contributed by atoms with E-state index in [-0.39, 0.29) is 12.1 Å². The molecule has 0 amide bonds. The maximum Gasteiger partial charge on any atom is 0.222 e. The van der Waals surface area contributed by atoms with Crippen molar-refractivity contribution in [2.24, 2.45) is 0 Å². The maximum absolute atomic E-state index is 6.42. The van der Waals surface area contributed by atoms with Crippen LogP contribution in [-0.4, -0.2) is 29.0 Å². The second-order valence-corrected chi connectivity index (χ2v) is 6.52. The molecule has 3 aromatic rings. The van der Waals surface area contributed by atoms with Gasteiger partial charge in [-0.1, -0.05) is 35.9 Å². The summed E-state index contributed by atoms with van der Waals surface area (Å²) in [6.45, 7) is 0. The number of rotatable bonds is 4. The molecule has 0 saturated carbocycles. The largest absolute Gasteiger partial charge is 0.493 e. The molecule has 0 aliphatic carbocycles. The van der Waals surface area contributed by atoms with Crippen molar-refractivity contribution in [1.82, 2.24) is 14.8 Å². The highest BCUT2D eigenvalue weighted by atomic mass is 35.5. The Balaban J connectivity index is 1.75. The Kier molecular flexibility index (Phi) is 4.42. The lowest BCUT2D eigenvalue weighted by molar-refractivity contribution is 0.352. The van der Waals surface area contributed by atoms with E-state index in [9.17, 15) is 0 Å². The van der Waals surface area contributed by atoms with Gasteiger partial charge in [-0.25, -0.2) is 4.68 Å². The fraction of sp³-hybridized carbons (Fsp3) is 0.263. The van der Waals surface area contributed by atoms with Crippen molar-refractivity contribution in [3.8, 4) is 11.5 Å². The first kappa shape index (κ1) is 16.7. The Morgan fingerprint density at radius 1 is 1.12 bits per heavy atom. The molecule has 1 aliphatic rings. The van der Waals surface area contributed by atoms with Gasteiger partial charge in [-0.3, -0.25) is 0 Å². The molecule has 2 heterocycles. The van der Waals surface area contributed by atoms with E-state index in [1.54, 1.807) is 20.5 Å². The normalized spacial score (nSPS) is 18.7.